The van der Waals surface area contributed by atoms with Gasteiger partial charge < -0.3 is 15.8 Å². The smallest absolute Gasteiger partial charge is 0.237 e. The Morgan fingerprint density at radius 2 is 2.11 bits per heavy atom. The summed E-state index contributed by atoms with van der Waals surface area (Å²) in [4.78, 5) is 14.1. The summed E-state index contributed by atoms with van der Waals surface area (Å²) in [5.74, 6) is -0.306. The summed E-state index contributed by atoms with van der Waals surface area (Å²) < 4.78 is 0. The molecular weight excluding hydrogens is 242 g/mol. The lowest BCUT2D eigenvalue weighted by Gasteiger charge is -2.23. The first-order valence-corrected chi connectivity index (χ1v) is 6.40. The van der Waals surface area contributed by atoms with Crippen LogP contribution in [0.2, 0.25) is 0 Å². The summed E-state index contributed by atoms with van der Waals surface area (Å²) in [5.41, 5.74) is 6.43. The van der Waals surface area contributed by atoms with E-state index in [-0.39, 0.29) is 11.7 Å². The molecule has 1 amide bonds. The Bertz CT molecular complexity index is 469. The van der Waals surface area contributed by atoms with Gasteiger partial charge in [-0.25, -0.2) is 0 Å². The van der Waals surface area contributed by atoms with Crippen LogP contribution in [0.1, 0.15) is 24.3 Å². The van der Waals surface area contributed by atoms with Gasteiger partial charge in [0.15, 0.2) is 5.84 Å². The molecule has 0 radical (unpaired) electrons. The molecule has 1 fully saturated rings. The van der Waals surface area contributed by atoms with Gasteiger partial charge in [-0.2, -0.15) is 0 Å². The quantitative estimate of drug-likeness (QED) is 0.364. The number of benzene rings is 1. The van der Waals surface area contributed by atoms with E-state index in [4.69, 9.17) is 10.9 Å². The Hall–Kier alpha value is -2.04. The molecule has 1 unspecified atom stereocenters. The number of hydrogen-bond donors (Lipinski definition) is 2. The third-order valence-electron chi connectivity index (χ3n) is 3.40. The molecule has 102 valence electrons. The zero-order valence-corrected chi connectivity index (χ0v) is 11.0. The number of nitrogens with two attached hydrogens (primary N) is 1. The van der Waals surface area contributed by atoms with Crippen molar-refractivity contribution in [2.24, 2.45) is 16.8 Å². The first-order valence-electron chi connectivity index (χ1n) is 6.40. The van der Waals surface area contributed by atoms with E-state index in [2.05, 4.69) is 5.16 Å². The highest BCUT2D eigenvalue weighted by Gasteiger charge is 2.31. The fourth-order valence-corrected chi connectivity index (χ4v) is 2.14. The van der Waals surface area contributed by atoms with E-state index in [0.717, 1.165) is 12.1 Å². The second-order valence-corrected chi connectivity index (χ2v) is 5.03. The average molecular weight is 261 g/mol. The lowest BCUT2D eigenvalue weighted by Crippen LogP contribution is -2.39. The SMILES string of the molecule is CN(CC1CC1)C(=O)C(C(N)=NO)c1ccccc1. The van der Waals surface area contributed by atoms with Crippen LogP contribution in [0.3, 0.4) is 0 Å². The van der Waals surface area contributed by atoms with Gasteiger partial charge in [0, 0.05) is 13.6 Å². The van der Waals surface area contributed by atoms with Crippen molar-refractivity contribution in [1.82, 2.24) is 4.90 Å². The maximum Gasteiger partial charge on any atom is 0.237 e. The predicted octanol–water partition coefficient (Wildman–Crippen LogP) is 1.38. The second-order valence-electron chi connectivity index (χ2n) is 5.03. The van der Waals surface area contributed by atoms with Crippen molar-refractivity contribution < 1.29 is 10.0 Å². The normalized spacial score (nSPS) is 17.0. The molecule has 0 spiro atoms. The molecule has 0 heterocycles. The summed E-state index contributed by atoms with van der Waals surface area (Å²) in [6.45, 7) is 0.737. The lowest BCUT2D eigenvalue weighted by atomic mass is 9.96. The maximum atomic E-state index is 12.5. The average Bonchev–Trinajstić information content (AvgIpc) is 3.23. The Morgan fingerprint density at radius 3 is 2.63 bits per heavy atom. The van der Waals surface area contributed by atoms with Crippen molar-refractivity contribution in [3.8, 4) is 0 Å². The standard InChI is InChI=1S/C14H19N3O2/c1-17(9-10-7-8-10)14(18)12(13(15)16-19)11-5-3-2-4-6-11/h2-6,10,12,19H,7-9H2,1H3,(H2,15,16). The highest BCUT2D eigenvalue weighted by molar-refractivity contribution is 6.07. The number of rotatable bonds is 5. The highest BCUT2D eigenvalue weighted by Crippen LogP contribution is 2.30. The minimum absolute atomic E-state index is 0.0705. The van der Waals surface area contributed by atoms with Gasteiger partial charge in [0.25, 0.3) is 0 Å². The lowest BCUT2D eigenvalue weighted by molar-refractivity contribution is -0.130. The zero-order chi connectivity index (χ0) is 13.8. The number of nitrogens with zero attached hydrogens (tertiary/aromatic N) is 2. The topological polar surface area (TPSA) is 78.9 Å². The van der Waals surface area contributed by atoms with Crippen LogP contribution in [0, 0.1) is 5.92 Å². The van der Waals surface area contributed by atoms with Crippen LogP contribution in [-0.2, 0) is 4.79 Å². The number of likely N-dealkylation sites (N-methyl/N-ethyl adjacent to an activating group) is 1. The summed E-state index contributed by atoms with van der Waals surface area (Å²) in [5, 5.41) is 11.9. The van der Waals surface area contributed by atoms with E-state index in [9.17, 15) is 4.79 Å². The van der Waals surface area contributed by atoms with Crippen LogP contribution in [0.4, 0.5) is 0 Å². The third-order valence-corrected chi connectivity index (χ3v) is 3.40. The van der Waals surface area contributed by atoms with E-state index in [1.807, 2.05) is 30.3 Å². The second kappa shape index (κ2) is 5.73. The minimum atomic E-state index is -0.713. The van der Waals surface area contributed by atoms with Crippen LogP contribution in [0.25, 0.3) is 0 Å². The molecule has 1 aliphatic rings. The predicted molar refractivity (Wildman–Crippen MR) is 73.0 cm³/mol. The van der Waals surface area contributed by atoms with Crippen molar-refractivity contribution in [3.05, 3.63) is 35.9 Å². The van der Waals surface area contributed by atoms with E-state index in [1.54, 1.807) is 11.9 Å². The molecule has 1 aromatic carbocycles. The highest BCUT2D eigenvalue weighted by atomic mass is 16.4. The van der Waals surface area contributed by atoms with Crippen molar-refractivity contribution in [3.63, 3.8) is 0 Å². The first-order chi connectivity index (χ1) is 9.13. The van der Waals surface area contributed by atoms with Crippen molar-refractivity contribution >= 4 is 11.7 Å². The molecule has 1 aromatic rings. The van der Waals surface area contributed by atoms with E-state index in [0.29, 0.717) is 5.92 Å². The van der Waals surface area contributed by atoms with Crippen LogP contribution in [0.5, 0.6) is 0 Å². The van der Waals surface area contributed by atoms with Gasteiger partial charge >= 0.3 is 0 Å². The summed E-state index contributed by atoms with van der Waals surface area (Å²) >= 11 is 0. The molecule has 0 bridgehead atoms. The van der Waals surface area contributed by atoms with E-state index in [1.165, 1.54) is 12.8 Å². The maximum absolute atomic E-state index is 12.5. The van der Waals surface area contributed by atoms with Gasteiger partial charge in [-0.1, -0.05) is 35.5 Å². The summed E-state index contributed by atoms with van der Waals surface area (Å²) in [6, 6.07) is 9.16. The minimum Gasteiger partial charge on any atom is -0.409 e. The molecule has 1 aliphatic carbocycles. The van der Waals surface area contributed by atoms with Gasteiger partial charge in [-0.15, -0.1) is 0 Å². The molecule has 1 saturated carbocycles. The van der Waals surface area contributed by atoms with Crippen molar-refractivity contribution in [2.45, 2.75) is 18.8 Å². The molecular formula is C14H19N3O2. The molecule has 1 atom stereocenters. The number of hydrogen-bond acceptors (Lipinski definition) is 3. The van der Waals surface area contributed by atoms with E-state index >= 15 is 0 Å². The third kappa shape index (κ3) is 3.24. The fraction of sp³-hybridized carbons (Fsp3) is 0.429. The summed E-state index contributed by atoms with van der Waals surface area (Å²) in [7, 11) is 1.77. The largest absolute Gasteiger partial charge is 0.409 e. The van der Waals surface area contributed by atoms with Gasteiger partial charge in [-0.05, 0) is 24.3 Å². The Labute approximate surface area is 112 Å². The van der Waals surface area contributed by atoms with Gasteiger partial charge in [0.2, 0.25) is 5.91 Å². The van der Waals surface area contributed by atoms with E-state index < -0.39 is 5.92 Å². The van der Waals surface area contributed by atoms with Gasteiger partial charge in [0.1, 0.15) is 5.92 Å². The number of amidine groups is 1. The van der Waals surface area contributed by atoms with Gasteiger partial charge in [0.05, 0.1) is 0 Å². The van der Waals surface area contributed by atoms with Crippen LogP contribution >= 0.6 is 0 Å². The number of amides is 1. The Balaban J connectivity index is 2.19. The molecule has 3 N–H and O–H groups in total. The van der Waals surface area contributed by atoms with Crippen molar-refractivity contribution in [1.29, 1.82) is 0 Å². The molecule has 0 aliphatic heterocycles. The number of carbonyl (C=O) groups is 1. The zero-order valence-electron chi connectivity index (χ0n) is 11.0. The van der Waals surface area contributed by atoms with Crippen LogP contribution in [0.15, 0.2) is 35.5 Å². The molecule has 0 saturated heterocycles. The monoisotopic (exact) mass is 261 g/mol. The first kappa shape index (κ1) is 13.4. The van der Waals surface area contributed by atoms with Crippen LogP contribution in [-0.4, -0.2) is 35.4 Å². The Morgan fingerprint density at radius 1 is 1.47 bits per heavy atom. The Kier molecular flexibility index (Phi) is 4.04. The fourth-order valence-electron chi connectivity index (χ4n) is 2.14. The molecule has 0 aromatic heterocycles. The van der Waals surface area contributed by atoms with Crippen molar-refractivity contribution in [2.75, 3.05) is 13.6 Å². The van der Waals surface area contributed by atoms with Gasteiger partial charge in [-0.3, -0.25) is 4.79 Å². The molecule has 2 rings (SSSR count). The molecule has 5 heteroatoms. The van der Waals surface area contributed by atoms with Crippen LogP contribution < -0.4 is 5.73 Å². The number of oxime groups is 1. The molecule has 19 heavy (non-hydrogen) atoms. The number of carbonyl (C=O) groups excluding carboxylic acids is 1. The summed E-state index contributed by atoms with van der Waals surface area (Å²) in [6.07, 6.45) is 2.36. The molecule has 5 nitrogen and oxygen atoms in total.